The van der Waals surface area contributed by atoms with Gasteiger partial charge in [-0.15, -0.1) is 0 Å². The molecule has 140 valence electrons. The number of carbonyl (C=O) groups is 1. The molecule has 1 saturated heterocycles. The molecule has 0 saturated carbocycles. The molecule has 1 aliphatic rings. The zero-order valence-electron chi connectivity index (χ0n) is 16.0. The first-order chi connectivity index (χ1) is 11.2. The van der Waals surface area contributed by atoms with Gasteiger partial charge in [0.25, 0.3) is 0 Å². The molecule has 7 heteroatoms. The first-order valence-electron chi connectivity index (χ1n) is 8.71. The number of rotatable bonds is 6. The van der Waals surface area contributed by atoms with Crippen molar-refractivity contribution in [3.05, 3.63) is 0 Å². The van der Waals surface area contributed by atoms with Crippen molar-refractivity contribution in [1.29, 1.82) is 0 Å². The monoisotopic (exact) mass is 342 g/mol. The predicted molar refractivity (Wildman–Crippen MR) is 96.2 cm³/mol. The van der Waals surface area contributed by atoms with Crippen molar-refractivity contribution < 1.29 is 14.3 Å². The Labute approximate surface area is 146 Å². The molecule has 2 N–H and O–H groups in total. The molecule has 24 heavy (non-hydrogen) atoms. The van der Waals surface area contributed by atoms with Crippen LogP contribution in [0.1, 0.15) is 34.6 Å². The van der Waals surface area contributed by atoms with Gasteiger partial charge in [-0.05, 0) is 26.7 Å². The summed E-state index contributed by atoms with van der Waals surface area (Å²) in [6, 6.07) is 0.397. The zero-order valence-corrected chi connectivity index (χ0v) is 16.0. The fraction of sp³-hybridized carbons (Fsp3) is 0.882. The van der Waals surface area contributed by atoms with E-state index in [4.69, 9.17) is 9.47 Å². The summed E-state index contributed by atoms with van der Waals surface area (Å²) in [4.78, 5) is 18.4. The number of morpholine rings is 1. The normalized spacial score (nSPS) is 18.4. The van der Waals surface area contributed by atoms with E-state index in [-0.39, 0.29) is 12.5 Å². The fourth-order valence-electron chi connectivity index (χ4n) is 2.65. The van der Waals surface area contributed by atoms with Crippen LogP contribution in [0.4, 0.5) is 0 Å². The first kappa shape index (κ1) is 20.7. The van der Waals surface area contributed by atoms with E-state index < -0.39 is 5.60 Å². The summed E-state index contributed by atoms with van der Waals surface area (Å²) in [5.74, 6) is 0.832. The number of aliphatic imine (C=N–C) groups is 1. The van der Waals surface area contributed by atoms with Crippen molar-refractivity contribution >= 4 is 11.9 Å². The van der Waals surface area contributed by atoms with Gasteiger partial charge in [-0.25, -0.2) is 0 Å². The van der Waals surface area contributed by atoms with Crippen molar-refractivity contribution in [1.82, 2.24) is 15.5 Å². The minimum Gasteiger partial charge on any atom is -0.459 e. The molecule has 0 bridgehead atoms. The lowest BCUT2D eigenvalue weighted by atomic mass is 10.0. The number of esters is 1. The number of hydrogen-bond donors (Lipinski definition) is 2. The number of hydrogen-bond acceptors (Lipinski definition) is 5. The van der Waals surface area contributed by atoms with Gasteiger partial charge in [0, 0.05) is 32.7 Å². The Bertz CT molecular complexity index is 413. The van der Waals surface area contributed by atoms with E-state index in [9.17, 15) is 4.79 Å². The molecule has 0 spiro atoms. The van der Waals surface area contributed by atoms with Crippen LogP contribution >= 0.6 is 0 Å². The van der Waals surface area contributed by atoms with Crippen molar-refractivity contribution in [3.8, 4) is 0 Å². The topological polar surface area (TPSA) is 75.2 Å². The lowest BCUT2D eigenvalue weighted by Crippen LogP contribution is -2.53. The highest BCUT2D eigenvalue weighted by Crippen LogP contribution is 2.12. The number of guanidine groups is 1. The Kier molecular flexibility index (Phi) is 8.48. The Morgan fingerprint density at radius 1 is 1.25 bits per heavy atom. The first-order valence-corrected chi connectivity index (χ1v) is 8.71. The summed E-state index contributed by atoms with van der Waals surface area (Å²) >= 11 is 0. The van der Waals surface area contributed by atoms with Crippen LogP contribution in [0, 0.1) is 5.92 Å². The van der Waals surface area contributed by atoms with Crippen LogP contribution in [0.25, 0.3) is 0 Å². The Morgan fingerprint density at radius 2 is 1.88 bits per heavy atom. The van der Waals surface area contributed by atoms with Crippen LogP contribution in [-0.2, 0) is 14.3 Å². The molecule has 1 unspecified atom stereocenters. The highest BCUT2D eigenvalue weighted by molar-refractivity contribution is 5.84. The molecule has 1 atom stereocenters. The molecule has 0 radical (unpaired) electrons. The van der Waals surface area contributed by atoms with Gasteiger partial charge >= 0.3 is 5.97 Å². The predicted octanol–water partition coefficient (Wildman–Crippen LogP) is 0.850. The molecule has 7 nitrogen and oxygen atoms in total. The number of carbonyl (C=O) groups excluding carboxylic acids is 1. The molecule has 0 aromatic heterocycles. The number of nitrogens with zero attached hydrogens (tertiary/aromatic N) is 2. The maximum absolute atomic E-state index is 11.8. The molecule has 1 aliphatic heterocycles. The average Bonchev–Trinajstić information content (AvgIpc) is 2.49. The smallest absolute Gasteiger partial charge is 0.325 e. The lowest BCUT2D eigenvalue weighted by molar-refractivity contribution is -0.153. The highest BCUT2D eigenvalue weighted by atomic mass is 16.6. The van der Waals surface area contributed by atoms with Gasteiger partial charge in [0.2, 0.25) is 0 Å². The number of nitrogens with one attached hydrogen (secondary N) is 2. The third-order valence-electron chi connectivity index (χ3n) is 3.81. The average molecular weight is 342 g/mol. The molecule has 1 heterocycles. The maximum Gasteiger partial charge on any atom is 0.325 e. The molecule has 0 aliphatic carbocycles. The zero-order chi connectivity index (χ0) is 18.2. The second-order valence-corrected chi connectivity index (χ2v) is 7.35. The van der Waals surface area contributed by atoms with Crippen molar-refractivity contribution in [2.75, 3.05) is 46.4 Å². The summed E-state index contributed by atoms with van der Waals surface area (Å²) in [6.45, 7) is 14.4. The van der Waals surface area contributed by atoms with E-state index >= 15 is 0 Å². The second-order valence-electron chi connectivity index (χ2n) is 7.35. The SMILES string of the molecule is CN=C(NCC(=O)OC(C)(C)C)NCC(C(C)C)N1CCOCC1. The van der Waals surface area contributed by atoms with Gasteiger partial charge in [0.05, 0.1) is 13.2 Å². The van der Waals surface area contributed by atoms with Crippen molar-refractivity contribution in [2.24, 2.45) is 10.9 Å². The van der Waals surface area contributed by atoms with Gasteiger partial charge in [-0.3, -0.25) is 14.7 Å². The van der Waals surface area contributed by atoms with Gasteiger partial charge in [0.1, 0.15) is 12.1 Å². The highest BCUT2D eigenvalue weighted by Gasteiger charge is 2.24. The molecule has 1 rings (SSSR count). The maximum atomic E-state index is 11.8. The van der Waals surface area contributed by atoms with Crippen LogP contribution in [-0.4, -0.2) is 74.9 Å². The van der Waals surface area contributed by atoms with E-state index in [1.54, 1.807) is 7.05 Å². The summed E-state index contributed by atoms with van der Waals surface area (Å²) < 4.78 is 10.7. The lowest BCUT2D eigenvalue weighted by Gasteiger charge is -2.37. The summed E-state index contributed by atoms with van der Waals surface area (Å²) in [6.07, 6.45) is 0. The van der Waals surface area contributed by atoms with E-state index in [2.05, 4.69) is 34.4 Å². The van der Waals surface area contributed by atoms with E-state index in [0.717, 1.165) is 32.8 Å². The molecular formula is C17H34N4O3. The minimum atomic E-state index is -0.477. The minimum absolute atomic E-state index is 0.0981. The molecular weight excluding hydrogens is 308 g/mol. The third-order valence-corrected chi connectivity index (χ3v) is 3.81. The third kappa shape index (κ3) is 7.97. The van der Waals surface area contributed by atoms with Crippen LogP contribution in [0.15, 0.2) is 4.99 Å². The molecule has 0 aromatic rings. The summed E-state index contributed by atoms with van der Waals surface area (Å²) in [5, 5.41) is 6.33. The standard InChI is InChI=1S/C17H34N4O3/c1-13(2)14(21-7-9-23-10-8-21)11-19-16(18-6)20-12-15(22)24-17(3,4)5/h13-14H,7-12H2,1-6H3,(H2,18,19,20). The quantitative estimate of drug-likeness (QED) is 0.423. The Hall–Kier alpha value is -1.34. The Balaban J connectivity index is 2.44. The largest absolute Gasteiger partial charge is 0.459 e. The molecule has 0 aromatic carbocycles. The van der Waals surface area contributed by atoms with Gasteiger partial charge in [-0.2, -0.15) is 0 Å². The fourth-order valence-corrected chi connectivity index (χ4v) is 2.65. The van der Waals surface area contributed by atoms with Crippen LogP contribution < -0.4 is 10.6 Å². The van der Waals surface area contributed by atoms with Crippen molar-refractivity contribution in [3.63, 3.8) is 0 Å². The molecule has 0 amide bonds. The molecule has 1 fully saturated rings. The van der Waals surface area contributed by atoms with Crippen LogP contribution in [0.2, 0.25) is 0 Å². The van der Waals surface area contributed by atoms with E-state index in [1.165, 1.54) is 0 Å². The summed E-state index contributed by atoms with van der Waals surface area (Å²) in [5.41, 5.74) is -0.477. The van der Waals surface area contributed by atoms with Gasteiger partial charge in [0.15, 0.2) is 5.96 Å². The van der Waals surface area contributed by atoms with E-state index in [0.29, 0.717) is 17.9 Å². The van der Waals surface area contributed by atoms with Crippen LogP contribution in [0.5, 0.6) is 0 Å². The van der Waals surface area contributed by atoms with Gasteiger partial charge in [-0.1, -0.05) is 13.8 Å². The van der Waals surface area contributed by atoms with E-state index in [1.807, 2.05) is 20.8 Å². The van der Waals surface area contributed by atoms with Crippen LogP contribution in [0.3, 0.4) is 0 Å². The van der Waals surface area contributed by atoms with Crippen molar-refractivity contribution in [2.45, 2.75) is 46.3 Å². The number of ether oxygens (including phenoxy) is 2. The second kappa shape index (κ2) is 9.84. The Morgan fingerprint density at radius 3 is 2.38 bits per heavy atom. The summed E-state index contributed by atoms with van der Waals surface area (Å²) in [7, 11) is 1.70. The van der Waals surface area contributed by atoms with Gasteiger partial charge < -0.3 is 20.1 Å².